The summed E-state index contributed by atoms with van der Waals surface area (Å²) in [6.07, 6.45) is 15.9. The number of nitrogens with one attached hydrogen (secondary N) is 3. The number of aliphatic carboxylic acids is 1. The SMILES string of the molecule is NC1=NCCC(C(=CC(=O)O)C(Nc2ccc[nH]2)C2CCC3c4cc5ccc(CC=O)cc5cc4C4C(CCC(O)CCC(C=O)CCCO)C=CC3C24)N1. The van der Waals surface area contributed by atoms with Crippen LogP contribution in [-0.4, -0.2) is 76.1 Å². The van der Waals surface area contributed by atoms with Crippen molar-refractivity contribution in [1.82, 2.24) is 10.3 Å². The van der Waals surface area contributed by atoms with Crippen molar-refractivity contribution in [1.29, 1.82) is 0 Å². The van der Waals surface area contributed by atoms with E-state index in [1.54, 1.807) is 0 Å². The van der Waals surface area contributed by atoms with Gasteiger partial charge in [0, 0.05) is 37.8 Å². The number of fused-ring (bicyclic) bond motifs is 4. The molecular weight excluding hydrogens is 695 g/mol. The highest BCUT2D eigenvalue weighted by molar-refractivity contribution is 5.86. The van der Waals surface area contributed by atoms with Crippen LogP contribution in [0, 0.1) is 29.6 Å². The zero-order chi connectivity index (χ0) is 38.5. The fourth-order valence-electron chi connectivity index (χ4n) is 10.4. The van der Waals surface area contributed by atoms with Gasteiger partial charge in [0.05, 0.1) is 18.2 Å². The number of aromatic nitrogens is 1. The lowest BCUT2D eigenvalue weighted by Crippen LogP contribution is -2.54. The highest BCUT2D eigenvalue weighted by Crippen LogP contribution is 2.62. The third-order valence-electron chi connectivity index (χ3n) is 12.9. The van der Waals surface area contributed by atoms with Crippen LogP contribution in [0.15, 0.2) is 77.5 Å². The molecule has 11 nitrogen and oxygen atoms in total. The maximum absolute atomic E-state index is 12.6. The van der Waals surface area contributed by atoms with Gasteiger partial charge in [-0.3, -0.25) is 4.99 Å². The molecule has 10 atom stereocenters. The summed E-state index contributed by atoms with van der Waals surface area (Å²) in [6, 6.07) is 14.3. The van der Waals surface area contributed by atoms with Crippen molar-refractivity contribution in [2.45, 2.75) is 94.2 Å². The first-order valence-corrected chi connectivity index (χ1v) is 20.1. The molecule has 1 saturated carbocycles. The van der Waals surface area contributed by atoms with Crippen molar-refractivity contribution in [2.24, 2.45) is 40.3 Å². The first-order chi connectivity index (χ1) is 26.8. The van der Waals surface area contributed by atoms with Gasteiger partial charge in [-0.2, -0.15) is 0 Å². The maximum atomic E-state index is 12.6. The average molecular weight is 750 g/mol. The molecule has 55 heavy (non-hydrogen) atoms. The lowest BCUT2D eigenvalue weighted by molar-refractivity contribution is -0.131. The van der Waals surface area contributed by atoms with Gasteiger partial charge in [-0.1, -0.05) is 42.5 Å². The second kappa shape index (κ2) is 17.4. The quantitative estimate of drug-likeness (QED) is 0.0494. The second-order valence-corrected chi connectivity index (χ2v) is 16.1. The van der Waals surface area contributed by atoms with Crippen LogP contribution in [0.25, 0.3) is 10.8 Å². The minimum Gasteiger partial charge on any atom is -0.478 e. The number of nitrogens with zero attached hydrogens (tertiary/aromatic N) is 1. The summed E-state index contributed by atoms with van der Waals surface area (Å²) in [6.45, 7) is 0.557. The number of H-pyrrole nitrogens is 1. The molecule has 1 fully saturated rings. The molecule has 8 N–H and O–H groups in total. The van der Waals surface area contributed by atoms with E-state index in [-0.39, 0.29) is 54.2 Å². The highest BCUT2D eigenvalue weighted by Gasteiger charge is 2.54. The molecule has 0 amide bonds. The van der Waals surface area contributed by atoms with Gasteiger partial charge in [0.1, 0.15) is 18.4 Å². The number of carbonyl (C=O) groups excluding carboxylic acids is 2. The van der Waals surface area contributed by atoms with Gasteiger partial charge in [-0.25, -0.2) is 4.79 Å². The number of guanidine groups is 1. The third kappa shape index (κ3) is 8.43. The number of benzene rings is 2. The van der Waals surface area contributed by atoms with E-state index in [9.17, 15) is 29.7 Å². The highest BCUT2D eigenvalue weighted by atomic mass is 16.4. The Morgan fingerprint density at radius 3 is 2.62 bits per heavy atom. The summed E-state index contributed by atoms with van der Waals surface area (Å²) < 4.78 is 0. The second-order valence-electron chi connectivity index (χ2n) is 16.1. The zero-order valence-corrected chi connectivity index (χ0v) is 31.4. The number of rotatable bonds is 18. The Morgan fingerprint density at radius 1 is 1.02 bits per heavy atom. The van der Waals surface area contributed by atoms with Crippen LogP contribution in [-0.2, 0) is 20.8 Å². The van der Waals surface area contributed by atoms with Crippen molar-refractivity contribution in [3.63, 3.8) is 0 Å². The van der Waals surface area contributed by atoms with Gasteiger partial charge in [0.25, 0.3) is 0 Å². The Bertz CT molecular complexity index is 1920. The van der Waals surface area contributed by atoms with E-state index in [2.05, 4.69) is 57.0 Å². The molecule has 4 aliphatic rings. The zero-order valence-electron chi connectivity index (χ0n) is 31.4. The summed E-state index contributed by atoms with van der Waals surface area (Å²) in [5.41, 5.74) is 10.6. The van der Waals surface area contributed by atoms with Gasteiger partial charge in [-0.05, 0) is 138 Å². The molecule has 2 aromatic carbocycles. The number of allylic oxidation sites excluding steroid dienone is 2. The van der Waals surface area contributed by atoms with Crippen molar-refractivity contribution in [3.8, 4) is 0 Å². The number of aldehydes is 2. The molecule has 1 aromatic heterocycles. The standard InChI is InChI=1S/C44H55N5O6/c45-44-47-18-15-38(48-44)37(24-40(54)55)43(49-39-4-1-17-46-39)34-14-13-32-33-12-9-28(8-11-31(53)10-6-27(25-52)3-2-19-50)41(42(33)34)36-23-30-21-26(16-20-51)5-7-29(30)22-35(32)36/h1,4-5,7,9,12,17,20-25,27-28,31-34,38,41-43,46,49-50,53H,2-3,6,8,10-11,13-16,18-19H2,(H,54,55)(H3,45,47,48). The van der Waals surface area contributed by atoms with E-state index in [0.29, 0.717) is 63.4 Å². The number of carboxylic acid groups (broad SMARTS) is 1. The van der Waals surface area contributed by atoms with Gasteiger partial charge in [0.2, 0.25) is 0 Å². The third-order valence-corrected chi connectivity index (χ3v) is 12.9. The average Bonchev–Trinajstić information content (AvgIpc) is 3.70. The van der Waals surface area contributed by atoms with Crippen molar-refractivity contribution < 1.29 is 29.7 Å². The lowest BCUT2D eigenvalue weighted by Gasteiger charge is -2.57. The Labute approximate surface area is 322 Å². The molecule has 2 heterocycles. The Kier molecular flexibility index (Phi) is 12.2. The van der Waals surface area contributed by atoms with E-state index in [0.717, 1.165) is 59.6 Å². The summed E-state index contributed by atoms with van der Waals surface area (Å²) in [5.74, 6) is 0.972. The van der Waals surface area contributed by atoms with E-state index >= 15 is 0 Å². The van der Waals surface area contributed by atoms with E-state index < -0.39 is 12.1 Å². The minimum atomic E-state index is -1.00. The summed E-state index contributed by atoms with van der Waals surface area (Å²) >= 11 is 0. The normalized spacial score (nSPS) is 27.3. The number of aliphatic hydroxyl groups is 2. The summed E-state index contributed by atoms with van der Waals surface area (Å²) in [4.78, 5) is 43.4. The predicted molar refractivity (Wildman–Crippen MR) is 214 cm³/mol. The Hall–Kier alpha value is -4.74. The fraction of sp³-hybridized carbons (Fsp3) is 0.500. The van der Waals surface area contributed by atoms with Crippen LogP contribution in [0.2, 0.25) is 0 Å². The van der Waals surface area contributed by atoms with E-state index in [4.69, 9.17) is 5.73 Å². The van der Waals surface area contributed by atoms with Gasteiger partial charge < -0.3 is 46.3 Å². The largest absolute Gasteiger partial charge is 0.478 e. The van der Waals surface area contributed by atoms with Crippen molar-refractivity contribution in [3.05, 3.63) is 89.2 Å². The molecule has 0 radical (unpaired) electrons. The fourth-order valence-corrected chi connectivity index (χ4v) is 10.4. The monoisotopic (exact) mass is 749 g/mol. The number of hydrogen-bond donors (Lipinski definition) is 7. The lowest BCUT2D eigenvalue weighted by atomic mass is 9.48. The number of nitrogens with two attached hydrogens (primary N) is 1. The number of aliphatic imine (C=N–C) groups is 1. The molecular formula is C44H55N5O6. The number of carboxylic acids is 1. The molecule has 3 aromatic rings. The molecule has 0 spiro atoms. The molecule has 3 aliphatic carbocycles. The van der Waals surface area contributed by atoms with Crippen molar-refractivity contribution >= 4 is 41.1 Å². The minimum absolute atomic E-state index is 0.0515. The maximum Gasteiger partial charge on any atom is 0.328 e. The molecule has 0 saturated heterocycles. The Balaban J connectivity index is 1.28. The predicted octanol–water partition coefficient (Wildman–Crippen LogP) is 5.60. The van der Waals surface area contributed by atoms with Crippen molar-refractivity contribution in [2.75, 3.05) is 18.5 Å². The number of anilines is 1. The van der Waals surface area contributed by atoms with Gasteiger partial charge in [-0.15, -0.1) is 0 Å². The van der Waals surface area contributed by atoms with Crippen LogP contribution in [0.3, 0.4) is 0 Å². The first kappa shape index (κ1) is 38.5. The van der Waals surface area contributed by atoms with Crippen LogP contribution in [0.1, 0.15) is 86.3 Å². The number of aromatic amines is 1. The number of hydrogen-bond acceptors (Lipinski definition) is 9. The smallest absolute Gasteiger partial charge is 0.328 e. The summed E-state index contributed by atoms with van der Waals surface area (Å²) in [5, 5.41) is 40.1. The van der Waals surface area contributed by atoms with Crippen LogP contribution >= 0.6 is 0 Å². The van der Waals surface area contributed by atoms with Gasteiger partial charge >= 0.3 is 5.97 Å². The first-order valence-electron chi connectivity index (χ1n) is 20.1. The van der Waals surface area contributed by atoms with E-state index in [1.165, 1.54) is 17.2 Å². The topological polar surface area (TPSA) is 190 Å². The van der Waals surface area contributed by atoms with Crippen LogP contribution in [0.4, 0.5) is 5.82 Å². The molecule has 4 bridgehead atoms. The number of carbonyl (C=O) groups is 3. The van der Waals surface area contributed by atoms with Gasteiger partial charge in [0.15, 0.2) is 5.96 Å². The van der Waals surface area contributed by atoms with Crippen LogP contribution in [0.5, 0.6) is 0 Å². The number of aliphatic hydroxyl groups excluding tert-OH is 2. The molecule has 292 valence electrons. The van der Waals surface area contributed by atoms with E-state index in [1.807, 2.05) is 24.4 Å². The molecule has 11 heteroatoms. The molecule has 10 unspecified atom stereocenters. The molecule has 7 rings (SSSR count). The summed E-state index contributed by atoms with van der Waals surface area (Å²) in [7, 11) is 0. The van der Waals surface area contributed by atoms with Crippen LogP contribution < -0.4 is 16.4 Å². The molecule has 1 aliphatic heterocycles. The Morgan fingerprint density at radius 2 is 1.87 bits per heavy atom.